The summed E-state index contributed by atoms with van der Waals surface area (Å²) in [5.41, 5.74) is 0. The number of allylic oxidation sites excluding steroid dienone is 1. The van der Waals surface area contributed by atoms with E-state index in [0.29, 0.717) is 0 Å². The Hall–Kier alpha value is 0.662. The molecule has 2 radical (unpaired) electrons. The Morgan fingerprint density at radius 1 is 1.22 bits per heavy atom. The Morgan fingerprint density at radius 3 is 2.33 bits per heavy atom. The standard InChI is InChI=1S/C8H16.Pb.2H/c1-3-5-7-8-6-4-2;;;/h3H,1,4-8H2,2H3;;;. The van der Waals surface area contributed by atoms with Crippen LogP contribution in [0.2, 0.25) is 0 Å². The van der Waals surface area contributed by atoms with Gasteiger partial charge in [-0.2, -0.15) is 0 Å². The van der Waals surface area contributed by atoms with Crippen LogP contribution < -0.4 is 0 Å². The maximum atomic E-state index is 3.66. The van der Waals surface area contributed by atoms with Crippen LogP contribution in [0, 0.1) is 0 Å². The van der Waals surface area contributed by atoms with E-state index in [2.05, 4.69) is 13.5 Å². The van der Waals surface area contributed by atoms with Crippen molar-refractivity contribution in [1.82, 2.24) is 0 Å². The summed E-state index contributed by atoms with van der Waals surface area (Å²) >= 11 is 0. The van der Waals surface area contributed by atoms with E-state index in [4.69, 9.17) is 0 Å². The van der Waals surface area contributed by atoms with Crippen LogP contribution in [-0.4, -0.2) is 27.3 Å². The Balaban J connectivity index is 0. The summed E-state index contributed by atoms with van der Waals surface area (Å²) in [5.74, 6) is 0. The van der Waals surface area contributed by atoms with Crippen molar-refractivity contribution in [2.45, 2.75) is 39.0 Å². The zero-order valence-corrected chi connectivity index (χ0v) is 12.0. The van der Waals surface area contributed by atoms with Gasteiger partial charge < -0.3 is 0 Å². The Labute approximate surface area is 78.9 Å². The summed E-state index contributed by atoms with van der Waals surface area (Å²) in [6.45, 7) is 5.89. The SMILES string of the molecule is C=CCCCCCC.[PbH2]. The van der Waals surface area contributed by atoms with Gasteiger partial charge in [0.05, 0.1) is 0 Å². The summed E-state index contributed by atoms with van der Waals surface area (Å²) < 4.78 is 0. The molecule has 0 heterocycles. The van der Waals surface area contributed by atoms with E-state index in [1.165, 1.54) is 32.1 Å². The number of rotatable bonds is 5. The van der Waals surface area contributed by atoms with Crippen LogP contribution in [0.5, 0.6) is 0 Å². The quantitative estimate of drug-likeness (QED) is 0.414. The molecule has 0 aromatic carbocycles. The van der Waals surface area contributed by atoms with Gasteiger partial charge in [-0.25, -0.2) is 0 Å². The molecule has 0 aromatic heterocycles. The third kappa shape index (κ3) is 12.0. The average molecular weight is 321 g/mol. The third-order valence-electron chi connectivity index (χ3n) is 1.26. The molecular weight excluding hydrogens is 303 g/mol. The van der Waals surface area contributed by atoms with Crippen molar-refractivity contribution in [3.63, 3.8) is 0 Å². The molecule has 0 saturated heterocycles. The Kier molecular flexibility index (Phi) is 15.7. The molecule has 0 atom stereocenters. The van der Waals surface area contributed by atoms with Crippen molar-refractivity contribution in [3.05, 3.63) is 12.7 Å². The molecule has 54 valence electrons. The minimum absolute atomic E-state index is 0. The number of hydrogen-bond acceptors (Lipinski definition) is 0. The zero-order valence-electron chi connectivity index (χ0n) is 6.53. The first-order chi connectivity index (χ1) is 3.91. The van der Waals surface area contributed by atoms with Gasteiger partial charge in [-0.15, -0.1) is 6.58 Å². The van der Waals surface area contributed by atoms with Gasteiger partial charge in [0.15, 0.2) is 0 Å². The van der Waals surface area contributed by atoms with Gasteiger partial charge in [-0.05, 0) is 12.8 Å². The van der Waals surface area contributed by atoms with E-state index < -0.39 is 0 Å². The maximum absolute atomic E-state index is 3.66. The topological polar surface area (TPSA) is 0 Å². The van der Waals surface area contributed by atoms with Gasteiger partial charge in [0.1, 0.15) is 0 Å². The molecule has 0 rings (SSSR count). The van der Waals surface area contributed by atoms with E-state index in [0.717, 1.165) is 0 Å². The number of hydrogen-bond donors (Lipinski definition) is 0. The molecule has 0 bridgehead atoms. The van der Waals surface area contributed by atoms with Gasteiger partial charge in [0.2, 0.25) is 0 Å². The Morgan fingerprint density at radius 2 is 1.89 bits per heavy atom. The van der Waals surface area contributed by atoms with E-state index in [-0.39, 0.29) is 27.3 Å². The molecule has 1 heteroatoms. The molecule has 0 aliphatic carbocycles. The second kappa shape index (κ2) is 11.5. The fourth-order valence-corrected chi connectivity index (χ4v) is 0.715. The van der Waals surface area contributed by atoms with Gasteiger partial charge in [-0.3, -0.25) is 0 Å². The molecule has 0 fully saturated rings. The van der Waals surface area contributed by atoms with Gasteiger partial charge >= 0.3 is 27.3 Å². The molecule has 0 amide bonds. The van der Waals surface area contributed by atoms with Crippen molar-refractivity contribution in [2.75, 3.05) is 0 Å². The van der Waals surface area contributed by atoms with Crippen molar-refractivity contribution < 1.29 is 0 Å². The zero-order chi connectivity index (χ0) is 6.24. The normalized spacial score (nSPS) is 8.11. The fraction of sp³-hybridized carbons (Fsp3) is 0.750. The first-order valence-corrected chi connectivity index (χ1v) is 3.52. The van der Waals surface area contributed by atoms with Crippen LogP contribution >= 0.6 is 0 Å². The average Bonchev–Trinajstić information content (AvgIpc) is 1.81. The molecule has 0 N–H and O–H groups in total. The van der Waals surface area contributed by atoms with Crippen LogP contribution in [0.1, 0.15) is 39.0 Å². The molecule has 0 spiro atoms. The minimum atomic E-state index is 0. The summed E-state index contributed by atoms with van der Waals surface area (Å²) in [6.07, 6.45) is 8.61. The van der Waals surface area contributed by atoms with Crippen molar-refractivity contribution in [1.29, 1.82) is 0 Å². The summed E-state index contributed by atoms with van der Waals surface area (Å²) in [6, 6.07) is 0. The van der Waals surface area contributed by atoms with E-state index in [9.17, 15) is 0 Å². The molecular formula is C8H18Pb. The van der Waals surface area contributed by atoms with E-state index >= 15 is 0 Å². The van der Waals surface area contributed by atoms with Crippen LogP contribution in [-0.2, 0) is 0 Å². The summed E-state index contributed by atoms with van der Waals surface area (Å²) in [4.78, 5) is 0. The van der Waals surface area contributed by atoms with Crippen molar-refractivity contribution >= 4 is 27.3 Å². The van der Waals surface area contributed by atoms with Gasteiger partial charge in [0.25, 0.3) is 0 Å². The molecule has 0 aliphatic heterocycles. The molecule has 0 aromatic rings. The fourth-order valence-electron chi connectivity index (χ4n) is 0.715. The van der Waals surface area contributed by atoms with Gasteiger partial charge in [-0.1, -0.05) is 32.3 Å². The van der Waals surface area contributed by atoms with E-state index in [1.807, 2.05) is 6.08 Å². The van der Waals surface area contributed by atoms with Crippen LogP contribution in [0.25, 0.3) is 0 Å². The van der Waals surface area contributed by atoms with E-state index in [1.54, 1.807) is 0 Å². The Bertz CT molecular complexity index is 50.5. The predicted molar refractivity (Wildman–Crippen MR) is 47.5 cm³/mol. The van der Waals surface area contributed by atoms with Crippen molar-refractivity contribution in [2.24, 2.45) is 0 Å². The molecule has 0 nitrogen and oxygen atoms in total. The predicted octanol–water partition coefficient (Wildman–Crippen LogP) is 2.23. The van der Waals surface area contributed by atoms with Crippen LogP contribution in [0.15, 0.2) is 12.7 Å². The first-order valence-electron chi connectivity index (χ1n) is 3.52. The summed E-state index contributed by atoms with van der Waals surface area (Å²) in [5, 5.41) is 0. The monoisotopic (exact) mass is 322 g/mol. The molecule has 0 aliphatic rings. The third-order valence-corrected chi connectivity index (χ3v) is 1.26. The molecule has 0 saturated carbocycles. The number of unbranched alkanes of at least 4 members (excludes halogenated alkanes) is 4. The second-order valence-electron chi connectivity index (χ2n) is 2.14. The second-order valence-corrected chi connectivity index (χ2v) is 2.14. The van der Waals surface area contributed by atoms with Crippen LogP contribution in [0.3, 0.4) is 0 Å². The van der Waals surface area contributed by atoms with Crippen LogP contribution in [0.4, 0.5) is 0 Å². The van der Waals surface area contributed by atoms with Crippen molar-refractivity contribution in [3.8, 4) is 0 Å². The van der Waals surface area contributed by atoms with Gasteiger partial charge in [0, 0.05) is 0 Å². The molecule has 9 heavy (non-hydrogen) atoms. The summed E-state index contributed by atoms with van der Waals surface area (Å²) in [7, 11) is 0. The first kappa shape index (κ1) is 12.3. The molecule has 0 unspecified atom stereocenters.